The number of rotatable bonds is 2. The quantitative estimate of drug-likeness (QED) is 0.892. The van der Waals surface area contributed by atoms with Crippen molar-refractivity contribution in [1.29, 1.82) is 0 Å². The number of amides is 1. The highest BCUT2D eigenvalue weighted by Gasteiger charge is 2.24. The molecule has 1 fully saturated rings. The first-order chi connectivity index (χ1) is 8.85. The fourth-order valence-electron chi connectivity index (χ4n) is 2.17. The van der Waals surface area contributed by atoms with Crippen LogP contribution in [0.4, 0.5) is 0 Å². The van der Waals surface area contributed by atoms with Gasteiger partial charge in [-0.05, 0) is 43.5 Å². The van der Waals surface area contributed by atoms with E-state index in [2.05, 4.69) is 21.2 Å². The smallest absolute Gasteiger partial charge is 0.251 e. The lowest BCUT2D eigenvalue weighted by atomic mass is 10.1. The second kappa shape index (κ2) is 5.63. The van der Waals surface area contributed by atoms with Gasteiger partial charge in [-0.3, -0.25) is 4.79 Å². The largest absolute Gasteiger partial charge is 0.349 e. The van der Waals surface area contributed by atoms with Gasteiger partial charge in [0.05, 0.1) is 11.5 Å². The third kappa shape index (κ3) is 4.04. The van der Waals surface area contributed by atoms with Crippen LogP contribution >= 0.6 is 15.9 Å². The van der Waals surface area contributed by atoms with E-state index < -0.39 is 9.84 Å². The van der Waals surface area contributed by atoms with E-state index in [1.165, 1.54) is 0 Å². The van der Waals surface area contributed by atoms with E-state index in [1.54, 1.807) is 6.07 Å². The van der Waals surface area contributed by atoms with Crippen LogP contribution in [0.3, 0.4) is 0 Å². The summed E-state index contributed by atoms with van der Waals surface area (Å²) in [7, 11) is -2.89. The van der Waals surface area contributed by atoms with Crippen molar-refractivity contribution >= 4 is 31.7 Å². The van der Waals surface area contributed by atoms with Crippen molar-refractivity contribution in [2.24, 2.45) is 0 Å². The molecule has 1 amide bonds. The zero-order valence-electron chi connectivity index (χ0n) is 10.6. The van der Waals surface area contributed by atoms with E-state index in [1.807, 2.05) is 19.1 Å². The summed E-state index contributed by atoms with van der Waals surface area (Å²) in [5, 5.41) is 2.90. The summed E-state index contributed by atoms with van der Waals surface area (Å²) in [4.78, 5) is 12.1. The van der Waals surface area contributed by atoms with Gasteiger partial charge in [-0.1, -0.05) is 15.9 Å². The summed E-state index contributed by atoms with van der Waals surface area (Å²) in [6.45, 7) is 1.93. The molecule has 1 aromatic carbocycles. The lowest BCUT2D eigenvalue weighted by Gasteiger charge is -2.23. The molecule has 0 aromatic heterocycles. The van der Waals surface area contributed by atoms with Gasteiger partial charge in [0.1, 0.15) is 9.84 Å². The van der Waals surface area contributed by atoms with Gasteiger partial charge in [-0.15, -0.1) is 0 Å². The molecule has 1 saturated heterocycles. The molecule has 0 spiro atoms. The maximum Gasteiger partial charge on any atom is 0.251 e. The molecule has 1 aromatic rings. The van der Waals surface area contributed by atoms with Gasteiger partial charge in [-0.25, -0.2) is 8.42 Å². The first-order valence-electron chi connectivity index (χ1n) is 6.14. The van der Waals surface area contributed by atoms with Gasteiger partial charge in [0.15, 0.2) is 0 Å². The molecule has 19 heavy (non-hydrogen) atoms. The molecule has 1 aliphatic rings. The predicted molar refractivity (Wildman–Crippen MR) is 78.0 cm³/mol. The van der Waals surface area contributed by atoms with Crippen LogP contribution in [-0.2, 0) is 9.84 Å². The van der Waals surface area contributed by atoms with Crippen molar-refractivity contribution < 1.29 is 13.2 Å². The molecule has 0 aliphatic carbocycles. The molecule has 1 aliphatic heterocycles. The molecule has 2 rings (SSSR count). The Morgan fingerprint density at radius 1 is 1.26 bits per heavy atom. The third-order valence-electron chi connectivity index (χ3n) is 3.19. The lowest BCUT2D eigenvalue weighted by Crippen LogP contribution is -2.40. The summed E-state index contributed by atoms with van der Waals surface area (Å²) in [6, 6.07) is 5.47. The van der Waals surface area contributed by atoms with E-state index in [0.29, 0.717) is 18.4 Å². The number of hydrogen-bond acceptors (Lipinski definition) is 3. The molecule has 0 atom stereocenters. The highest BCUT2D eigenvalue weighted by molar-refractivity contribution is 9.10. The average Bonchev–Trinajstić information content (AvgIpc) is 2.30. The van der Waals surface area contributed by atoms with Crippen LogP contribution in [0.15, 0.2) is 22.7 Å². The zero-order chi connectivity index (χ0) is 14.0. The highest BCUT2D eigenvalue weighted by atomic mass is 79.9. The number of carbonyl (C=O) groups excluding carboxylic acids is 1. The number of hydrogen-bond donors (Lipinski definition) is 1. The SMILES string of the molecule is Cc1cc(Br)cc(C(=O)NC2CCS(=O)(=O)CC2)c1. The molecule has 0 unspecified atom stereocenters. The number of nitrogens with one attached hydrogen (secondary N) is 1. The van der Waals surface area contributed by atoms with E-state index in [9.17, 15) is 13.2 Å². The van der Waals surface area contributed by atoms with E-state index in [-0.39, 0.29) is 23.5 Å². The van der Waals surface area contributed by atoms with Crippen molar-refractivity contribution in [3.8, 4) is 0 Å². The van der Waals surface area contributed by atoms with Crippen LogP contribution in [0.25, 0.3) is 0 Å². The fourth-order valence-corrected chi connectivity index (χ4v) is 4.27. The minimum atomic E-state index is -2.89. The third-order valence-corrected chi connectivity index (χ3v) is 5.37. The summed E-state index contributed by atoms with van der Waals surface area (Å²) in [5.41, 5.74) is 1.60. The maximum absolute atomic E-state index is 12.1. The molecule has 1 heterocycles. The predicted octanol–water partition coefficient (Wildman–Crippen LogP) is 2.06. The molecular formula is C13H16BrNO3S. The first-order valence-corrected chi connectivity index (χ1v) is 8.76. The molecule has 6 heteroatoms. The van der Waals surface area contributed by atoms with Gasteiger partial charge in [0, 0.05) is 16.1 Å². The Bertz CT molecular complexity index is 564. The number of aryl methyl sites for hydroxylation is 1. The Hall–Kier alpha value is -0.880. The summed E-state index contributed by atoms with van der Waals surface area (Å²) >= 11 is 3.36. The number of sulfone groups is 1. The Kier molecular flexibility index (Phi) is 4.30. The lowest BCUT2D eigenvalue weighted by molar-refractivity contribution is 0.0934. The van der Waals surface area contributed by atoms with Gasteiger partial charge in [0.25, 0.3) is 5.91 Å². The van der Waals surface area contributed by atoms with Crippen LogP contribution in [0, 0.1) is 6.92 Å². The fraction of sp³-hybridized carbons (Fsp3) is 0.462. The molecular weight excluding hydrogens is 330 g/mol. The Labute approximate surface area is 121 Å². The van der Waals surface area contributed by atoms with Crippen LogP contribution in [0.5, 0.6) is 0 Å². The van der Waals surface area contributed by atoms with Gasteiger partial charge in [0.2, 0.25) is 0 Å². The molecule has 104 valence electrons. The van der Waals surface area contributed by atoms with E-state index in [0.717, 1.165) is 10.0 Å². The van der Waals surface area contributed by atoms with Crippen molar-refractivity contribution in [3.05, 3.63) is 33.8 Å². The Morgan fingerprint density at radius 3 is 2.47 bits per heavy atom. The monoisotopic (exact) mass is 345 g/mol. The summed E-state index contributed by atoms with van der Waals surface area (Å²) in [6.07, 6.45) is 1.00. The van der Waals surface area contributed by atoms with E-state index >= 15 is 0 Å². The highest BCUT2D eigenvalue weighted by Crippen LogP contribution is 2.17. The average molecular weight is 346 g/mol. The normalized spacial score (nSPS) is 19.1. The van der Waals surface area contributed by atoms with Crippen LogP contribution in [0.2, 0.25) is 0 Å². The van der Waals surface area contributed by atoms with Gasteiger partial charge < -0.3 is 5.32 Å². The zero-order valence-corrected chi connectivity index (χ0v) is 13.1. The number of benzene rings is 1. The summed E-state index contributed by atoms with van der Waals surface area (Å²) < 4.78 is 23.5. The van der Waals surface area contributed by atoms with Crippen molar-refractivity contribution in [2.75, 3.05) is 11.5 Å². The van der Waals surface area contributed by atoms with Crippen molar-refractivity contribution in [3.63, 3.8) is 0 Å². The van der Waals surface area contributed by atoms with Crippen LogP contribution in [0.1, 0.15) is 28.8 Å². The topological polar surface area (TPSA) is 63.2 Å². The molecule has 0 saturated carbocycles. The van der Waals surface area contributed by atoms with E-state index in [4.69, 9.17) is 0 Å². The molecule has 0 radical (unpaired) electrons. The van der Waals surface area contributed by atoms with Crippen molar-refractivity contribution in [1.82, 2.24) is 5.32 Å². The summed E-state index contributed by atoms with van der Waals surface area (Å²) in [5.74, 6) is 0.180. The standard InChI is InChI=1S/C13H16BrNO3S/c1-9-6-10(8-11(14)7-9)13(16)15-12-2-4-19(17,18)5-3-12/h6-8,12H,2-5H2,1H3,(H,15,16). The molecule has 1 N–H and O–H groups in total. The Morgan fingerprint density at radius 2 is 1.89 bits per heavy atom. The second-order valence-electron chi connectivity index (χ2n) is 4.92. The van der Waals surface area contributed by atoms with Gasteiger partial charge >= 0.3 is 0 Å². The minimum Gasteiger partial charge on any atom is -0.349 e. The number of halogens is 1. The Balaban J connectivity index is 2.02. The van der Waals surface area contributed by atoms with Crippen molar-refractivity contribution in [2.45, 2.75) is 25.8 Å². The van der Waals surface area contributed by atoms with Gasteiger partial charge in [-0.2, -0.15) is 0 Å². The molecule has 0 bridgehead atoms. The van der Waals surface area contributed by atoms with Crippen LogP contribution < -0.4 is 5.32 Å². The second-order valence-corrected chi connectivity index (χ2v) is 8.14. The first kappa shape index (κ1) is 14.5. The number of carbonyl (C=O) groups is 1. The minimum absolute atomic E-state index is 0.0460. The molecule has 4 nitrogen and oxygen atoms in total. The van der Waals surface area contributed by atoms with Crippen LogP contribution in [-0.4, -0.2) is 31.9 Å². The maximum atomic E-state index is 12.1.